The molecule has 0 fully saturated rings. The highest BCUT2D eigenvalue weighted by Gasteiger charge is 2.18. The summed E-state index contributed by atoms with van der Waals surface area (Å²) >= 11 is 0. The zero-order valence-electron chi connectivity index (χ0n) is 12.5. The number of carbonyl (C=O) groups excluding carboxylic acids is 1. The van der Waals surface area contributed by atoms with Crippen LogP contribution in [0.25, 0.3) is 0 Å². The van der Waals surface area contributed by atoms with Crippen molar-refractivity contribution in [3.05, 3.63) is 46.9 Å². The van der Waals surface area contributed by atoms with Crippen molar-refractivity contribution in [3.8, 4) is 5.75 Å². The number of benzene rings is 1. The summed E-state index contributed by atoms with van der Waals surface area (Å²) < 4.78 is 10.9. The second-order valence-electron chi connectivity index (χ2n) is 4.83. The average molecular weight is 288 g/mol. The van der Waals surface area contributed by atoms with Crippen LogP contribution >= 0.6 is 0 Å². The van der Waals surface area contributed by atoms with E-state index in [1.165, 1.54) is 0 Å². The van der Waals surface area contributed by atoms with E-state index in [9.17, 15) is 4.79 Å². The molecule has 1 aromatic carbocycles. The Morgan fingerprint density at radius 2 is 1.86 bits per heavy atom. The molecule has 0 aliphatic heterocycles. The van der Waals surface area contributed by atoms with E-state index >= 15 is 0 Å². The Balaban J connectivity index is 2.09. The molecule has 5 nitrogen and oxygen atoms in total. The highest BCUT2D eigenvalue weighted by Crippen LogP contribution is 2.22. The summed E-state index contributed by atoms with van der Waals surface area (Å²) in [6.45, 7) is 6.46. The maximum Gasteiger partial charge on any atom is 0.259 e. The summed E-state index contributed by atoms with van der Waals surface area (Å²) in [5, 5.41) is 2.86. The van der Waals surface area contributed by atoms with E-state index in [1.807, 2.05) is 13.8 Å². The van der Waals surface area contributed by atoms with Gasteiger partial charge < -0.3 is 20.2 Å². The molecule has 0 atom stereocenters. The normalized spacial score (nSPS) is 10.5. The summed E-state index contributed by atoms with van der Waals surface area (Å²) in [6, 6.07) is 7.18. The molecule has 0 aliphatic rings. The van der Waals surface area contributed by atoms with Gasteiger partial charge in [-0.2, -0.15) is 0 Å². The number of anilines is 1. The second kappa shape index (κ2) is 6.45. The van der Waals surface area contributed by atoms with Crippen molar-refractivity contribution in [2.24, 2.45) is 5.73 Å². The third kappa shape index (κ3) is 3.44. The van der Waals surface area contributed by atoms with E-state index in [2.05, 4.69) is 5.32 Å². The molecule has 2 rings (SSSR count). The van der Waals surface area contributed by atoms with Crippen LogP contribution in [0.2, 0.25) is 0 Å². The zero-order chi connectivity index (χ0) is 15.4. The van der Waals surface area contributed by atoms with Gasteiger partial charge in [-0.15, -0.1) is 0 Å². The number of nitrogens with two attached hydrogens (primary N) is 1. The lowest BCUT2D eigenvalue weighted by atomic mass is 10.1. The Morgan fingerprint density at radius 1 is 1.19 bits per heavy atom. The van der Waals surface area contributed by atoms with Crippen LogP contribution < -0.4 is 15.8 Å². The summed E-state index contributed by atoms with van der Waals surface area (Å²) in [5.41, 5.74) is 7.54. The molecule has 1 aromatic heterocycles. The Labute approximate surface area is 124 Å². The van der Waals surface area contributed by atoms with Crippen molar-refractivity contribution in [1.29, 1.82) is 0 Å². The smallest absolute Gasteiger partial charge is 0.259 e. The maximum absolute atomic E-state index is 12.3. The van der Waals surface area contributed by atoms with Crippen molar-refractivity contribution in [2.45, 2.75) is 20.8 Å². The van der Waals surface area contributed by atoms with Gasteiger partial charge in [0.05, 0.1) is 5.56 Å². The van der Waals surface area contributed by atoms with Crippen molar-refractivity contribution >= 4 is 11.6 Å². The first-order valence-corrected chi connectivity index (χ1v) is 6.83. The molecule has 0 bridgehead atoms. The lowest BCUT2D eigenvalue weighted by Gasteiger charge is -2.08. The molecule has 2 aromatic rings. The third-order valence-electron chi connectivity index (χ3n) is 3.29. The minimum atomic E-state index is -0.169. The first-order chi connectivity index (χ1) is 10.0. The summed E-state index contributed by atoms with van der Waals surface area (Å²) in [4.78, 5) is 12.3. The van der Waals surface area contributed by atoms with Crippen LogP contribution in [0.15, 0.2) is 28.7 Å². The number of ether oxygens (including phenoxy) is 1. The maximum atomic E-state index is 12.3. The average Bonchev–Trinajstić information content (AvgIpc) is 2.71. The van der Waals surface area contributed by atoms with Gasteiger partial charge in [-0.05, 0) is 45.0 Å². The van der Waals surface area contributed by atoms with Gasteiger partial charge in [-0.1, -0.05) is 0 Å². The quantitative estimate of drug-likeness (QED) is 0.887. The predicted molar refractivity (Wildman–Crippen MR) is 81.9 cm³/mol. The van der Waals surface area contributed by atoms with Gasteiger partial charge in [0.15, 0.2) is 0 Å². The molecule has 21 heavy (non-hydrogen) atoms. The molecule has 0 spiro atoms. The predicted octanol–water partition coefficient (Wildman–Crippen LogP) is 2.79. The van der Waals surface area contributed by atoms with Crippen LogP contribution in [-0.2, 0) is 0 Å². The lowest BCUT2D eigenvalue weighted by molar-refractivity contribution is 0.102. The first-order valence-electron chi connectivity index (χ1n) is 6.83. The Morgan fingerprint density at radius 3 is 2.38 bits per heavy atom. The number of hydrogen-bond donors (Lipinski definition) is 2. The van der Waals surface area contributed by atoms with E-state index < -0.39 is 0 Å². The van der Waals surface area contributed by atoms with Crippen molar-refractivity contribution in [1.82, 2.24) is 0 Å². The summed E-state index contributed by atoms with van der Waals surface area (Å²) in [5.74, 6) is 1.95. The first kappa shape index (κ1) is 15.1. The van der Waals surface area contributed by atoms with Gasteiger partial charge in [-0.25, -0.2) is 0 Å². The van der Waals surface area contributed by atoms with Crippen LogP contribution in [0.3, 0.4) is 0 Å². The molecule has 1 amide bonds. The number of amides is 1. The minimum Gasteiger partial charge on any atom is -0.492 e. The molecule has 5 heteroatoms. The van der Waals surface area contributed by atoms with Gasteiger partial charge in [0.25, 0.3) is 5.91 Å². The lowest BCUT2D eigenvalue weighted by Crippen LogP contribution is -2.13. The second-order valence-corrected chi connectivity index (χ2v) is 4.83. The van der Waals surface area contributed by atoms with E-state index in [4.69, 9.17) is 14.9 Å². The standard InChI is InChI=1S/C16H20N2O3/c1-10-11(2)21-12(3)15(10)16(19)18-13-4-6-14(7-5-13)20-9-8-17/h4-7H,8-9,17H2,1-3H3,(H,18,19). The van der Waals surface area contributed by atoms with E-state index in [-0.39, 0.29) is 5.91 Å². The summed E-state index contributed by atoms with van der Waals surface area (Å²) in [7, 11) is 0. The Bertz CT molecular complexity index is 630. The van der Waals surface area contributed by atoms with Crippen LogP contribution in [-0.4, -0.2) is 19.1 Å². The van der Waals surface area contributed by atoms with Crippen LogP contribution in [0, 0.1) is 20.8 Å². The topological polar surface area (TPSA) is 77.5 Å². The zero-order valence-corrected chi connectivity index (χ0v) is 12.5. The highest BCUT2D eigenvalue weighted by molar-refractivity contribution is 6.06. The van der Waals surface area contributed by atoms with Crippen LogP contribution in [0.1, 0.15) is 27.4 Å². The molecule has 0 aliphatic carbocycles. The molecule has 0 unspecified atom stereocenters. The number of rotatable bonds is 5. The molecule has 0 radical (unpaired) electrons. The molecule has 1 heterocycles. The largest absolute Gasteiger partial charge is 0.492 e. The van der Waals surface area contributed by atoms with Crippen LogP contribution in [0.5, 0.6) is 5.75 Å². The Hall–Kier alpha value is -2.27. The minimum absolute atomic E-state index is 0.169. The fourth-order valence-electron chi connectivity index (χ4n) is 2.13. The Kier molecular flexibility index (Phi) is 4.65. The fourth-order valence-corrected chi connectivity index (χ4v) is 2.13. The van der Waals surface area contributed by atoms with E-state index in [1.54, 1.807) is 31.2 Å². The number of carbonyl (C=O) groups is 1. The van der Waals surface area contributed by atoms with E-state index in [0.717, 1.165) is 17.1 Å². The van der Waals surface area contributed by atoms with Crippen LogP contribution in [0.4, 0.5) is 5.69 Å². The van der Waals surface area contributed by atoms with Gasteiger partial charge in [0.2, 0.25) is 0 Å². The monoisotopic (exact) mass is 288 g/mol. The molecule has 3 N–H and O–H groups in total. The van der Waals surface area contributed by atoms with Gasteiger partial charge in [-0.3, -0.25) is 4.79 Å². The molecule has 0 saturated heterocycles. The molecule has 0 saturated carbocycles. The molecule has 112 valence electrons. The van der Waals surface area contributed by atoms with Gasteiger partial charge in [0, 0.05) is 17.8 Å². The molecular weight excluding hydrogens is 268 g/mol. The van der Waals surface area contributed by atoms with Gasteiger partial charge >= 0.3 is 0 Å². The number of hydrogen-bond acceptors (Lipinski definition) is 4. The van der Waals surface area contributed by atoms with E-state index in [0.29, 0.717) is 30.2 Å². The number of aryl methyl sites for hydroxylation is 2. The van der Waals surface area contributed by atoms with Crippen molar-refractivity contribution < 1.29 is 13.9 Å². The van der Waals surface area contributed by atoms with Gasteiger partial charge in [0.1, 0.15) is 23.9 Å². The SMILES string of the molecule is Cc1oc(C)c(C(=O)Nc2ccc(OCCN)cc2)c1C. The number of nitrogens with one attached hydrogen (secondary N) is 1. The highest BCUT2D eigenvalue weighted by atomic mass is 16.5. The summed E-state index contributed by atoms with van der Waals surface area (Å²) in [6.07, 6.45) is 0. The molecular formula is C16H20N2O3. The fraction of sp³-hybridized carbons (Fsp3) is 0.312. The number of furan rings is 1. The van der Waals surface area contributed by atoms with Crippen molar-refractivity contribution in [3.63, 3.8) is 0 Å². The van der Waals surface area contributed by atoms with Crippen molar-refractivity contribution in [2.75, 3.05) is 18.5 Å². The third-order valence-corrected chi connectivity index (χ3v) is 3.29.